The second kappa shape index (κ2) is 6.28. The molecule has 0 aliphatic carbocycles. The molecule has 0 unspecified atom stereocenters. The fourth-order valence-corrected chi connectivity index (χ4v) is 1.65. The van der Waals surface area contributed by atoms with Crippen LogP contribution in [0.4, 0.5) is 5.69 Å². The third-order valence-electron chi connectivity index (χ3n) is 2.42. The topological polar surface area (TPSA) is 126 Å². The molecule has 0 amide bonds. The Balaban J connectivity index is 0.000000357. The van der Waals surface area contributed by atoms with Crippen LogP contribution < -0.4 is 11.1 Å². The number of fused-ring (bicyclic) bond motifs is 1. The standard InChI is InChI=1S/C10H14N4.H2NO3/c11-10(12)14-6-5-13-9-4-2-1-3-8(9)7-14;2-1(3)4/h1-4,13H,5-7H2,(H3,11,12);(H2,2,3,4)/q;+1. The summed E-state index contributed by atoms with van der Waals surface area (Å²) >= 11 is 0. The highest BCUT2D eigenvalue weighted by atomic mass is 16.9. The summed E-state index contributed by atoms with van der Waals surface area (Å²) in [4.78, 5) is 10.3. The first-order chi connectivity index (χ1) is 8.50. The van der Waals surface area contributed by atoms with E-state index in [0.717, 1.165) is 25.3 Å². The van der Waals surface area contributed by atoms with Crippen LogP contribution in [0.2, 0.25) is 0 Å². The fraction of sp³-hybridized carbons (Fsp3) is 0.300. The predicted molar refractivity (Wildman–Crippen MR) is 64.5 cm³/mol. The van der Waals surface area contributed by atoms with Gasteiger partial charge in [0.25, 0.3) is 0 Å². The highest BCUT2D eigenvalue weighted by Gasteiger charge is 2.13. The molecule has 0 saturated carbocycles. The number of nitrogens with one attached hydrogen (secondary N) is 2. The molecule has 8 heteroatoms. The molecule has 0 bridgehead atoms. The van der Waals surface area contributed by atoms with Gasteiger partial charge in [0.15, 0.2) is 5.96 Å². The predicted octanol–water partition coefficient (Wildman–Crippen LogP) is 0.351. The lowest BCUT2D eigenvalue weighted by Gasteiger charge is -2.19. The van der Waals surface area contributed by atoms with Crippen LogP contribution in [0.5, 0.6) is 0 Å². The number of hydrogen-bond acceptors (Lipinski definition) is 3. The van der Waals surface area contributed by atoms with Crippen LogP contribution in [-0.4, -0.2) is 39.5 Å². The van der Waals surface area contributed by atoms with Crippen LogP contribution >= 0.6 is 0 Å². The molecule has 1 heterocycles. The molecule has 0 spiro atoms. The van der Waals surface area contributed by atoms with Crippen molar-refractivity contribution in [3.05, 3.63) is 34.7 Å². The first-order valence-corrected chi connectivity index (χ1v) is 5.26. The maximum absolute atomic E-state index is 8.47. The second-order valence-electron chi connectivity index (χ2n) is 3.64. The first kappa shape index (κ1) is 13.6. The molecule has 0 fully saturated rings. The largest absolute Gasteiger partial charge is 0.472 e. The SMILES string of the molecule is N=C(N)N1CCNc2ccccc2C1.O=[N+](O)O. The van der Waals surface area contributed by atoms with Crippen LogP contribution in [0.1, 0.15) is 5.56 Å². The molecule has 0 atom stereocenters. The summed E-state index contributed by atoms with van der Waals surface area (Å²) in [6, 6.07) is 8.13. The number of nitrogens with two attached hydrogens (primary N) is 1. The van der Waals surface area contributed by atoms with Crippen LogP contribution in [0.25, 0.3) is 0 Å². The first-order valence-electron chi connectivity index (χ1n) is 5.26. The summed E-state index contributed by atoms with van der Waals surface area (Å²) in [6.45, 7) is 2.33. The highest BCUT2D eigenvalue weighted by molar-refractivity contribution is 5.75. The Kier molecular flexibility index (Phi) is 4.73. The summed E-state index contributed by atoms with van der Waals surface area (Å²) in [7, 11) is 0. The molecule has 0 aromatic heterocycles. The van der Waals surface area contributed by atoms with Gasteiger partial charge in [0.1, 0.15) is 4.91 Å². The van der Waals surface area contributed by atoms with E-state index in [1.807, 2.05) is 17.0 Å². The third kappa shape index (κ3) is 4.16. The van der Waals surface area contributed by atoms with Crippen LogP contribution in [-0.2, 0) is 6.54 Å². The van der Waals surface area contributed by atoms with E-state index in [9.17, 15) is 0 Å². The number of rotatable bonds is 0. The fourth-order valence-electron chi connectivity index (χ4n) is 1.65. The van der Waals surface area contributed by atoms with Gasteiger partial charge in [-0.2, -0.15) is 0 Å². The van der Waals surface area contributed by atoms with Crippen molar-refractivity contribution in [2.45, 2.75) is 6.54 Å². The van der Waals surface area contributed by atoms with Crippen molar-refractivity contribution in [1.82, 2.24) is 4.90 Å². The summed E-state index contributed by atoms with van der Waals surface area (Å²) in [6.07, 6.45) is 0. The molecule has 1 aromatic rings. The van der Waals surface area contributed by atoms with E-state index >= 15 is 0 Å². The van der Waals surface area contributed by atoms with Crippen LogP contribution in [0.15, 0.2) is 24.3 Å². The molecule has 2 rings (SSSR count). The Morgan fingerprint density at radius 2 is 2.06 bits per heavy atom. The molecule has 6 N–H and O–H groups in total. The Morgan fingerprint density at radius 1 is 1.44 bits per heavy atom. The molecule has 8 nitrogen and oxygen atoms in total. The Morgan fingerprint density at radius 3 is 2.67 bits per heavy atom. The van der Waals surface area contributed by atoms with Gasteiger partial charge >= 0.3 is 5.09 Å². The van der Waals surface area contributed by atoms with Crippen LogP contribution in [0, 0.1) is 10.3 Å². The Hall–Kier alpha value is -2.51. The molecule has 1 aliphatic rings. The molecule has 0 radical (unpaired) electrons. The number of benzene rings is 1. The summed E-state index contributed by atoms with van der Waals surface area (Å²) in [5, 5.41) is 23.2. The van der Waals surface area contributed by atoms with Crippen molar-refractivity contribution in [3.8, 4) is 0 Å². The number of nitrogens with zero attached hydrogens (tertiary/aromatic N) is 2. The monoisotopic (exact) mass is 254 g/mol. The van der Waals surface area contributed by atoms with E-state index in [0.29, 0.717) is 0 Å². The van der Waals surface area contributed by atoms with Crippen molar-refractivity contribution in [2.24, 2.45) is 5.73 Å². The van der Waals surface area contributed by atoms with E-state index in [4.69, 9.17) is 26.5 Å². The Bertz CT molecular complexity index is 433. The van der Waals surface area contributed by atoms with Crippen molar-refractivity contribution >= 4 is 11.6 Å². The minimum atomic E-state index is -1.25. The van der Waals surface area contributed by atoms with E-state index in [1.54, 1.807) is 0 Å². The van der Waals surface area contributed by atoms with Crippen molar-refractivity contribution < 1.29 is 15.5 Å². The van der Waals surface area contributed by atoms with Gasteiger partial charge < -0.3 is 16.0 Å². The van der Waals surface area contributed by atoms with Gasteiger partial charge in [0.2, 0.25) is 0 Å². The molecule has 1 aromatic carbocycles. The number of para-hydroxylation sites is 1. The second-order valence-corrected chi connectivity index (χ2v) is 3.64. The zero-order valence-electron chi connectivity index (χ0n) is 9.71. The van der Waals surface area contributed by atoms with Gasteiger partial charge in [-0.05, 0) is 11.6 Å². The molecule has 1 aliphatic heterocycles. The van der Waals surface area contributed by atoms with Crippen molar-refractivity contribution in [2.75, 3.05) is 18.4 Å². The van der Waals surface area contributed by atoms with E-state index in [-0.39, 0.29) is 5.96 Å². The smallest absolute Gasteiger partial charge is 0.383 e. The third-order valence-corrected chi connectivity index (χ3v) is 2.42. The maximum Gasteiger partial charge on any atom is 0.472 e. The average molecular weight is 254 g/mol. The number of guanidine groups is 1. The van der Waals surface area contributed by atoms with Gasteiger partial charge in [-0.25, -0.2) is 10.4 Å². The van der Waals surface area contributed by atoms with E-state index in [2.05, 4.69) is 17.4 Å². The normalized spacial score (nSPS) is 13.2. The lowest BCUT2D eigenvalue weighted by molar-refractivity contribution is -0.969. The summed E-state index contributed by atoms with van der Waals surface area (Å²) in [5.41, 5.74) is 7.82. The molecule has 98 valence electrons. The maximum atomic E-state index is 8.47. The zero-order chi connectivity index (χ0) is 13.5. The van der Waals surface area contributed by atoms with Gasteiger partial charge in [0, 0.05) is 25.3 Å². The highest BCUT2D eigenvalue weighted by Crippen LogP contribution is 2.18. The van der Waals surface area contributed by atoms with Crippen molar-refractivity contribution in [1.29, 1.82) is 5.41 Å². The van der Waals surface area contributed by atoms with Gasteiger partial charge in [0.05, 0.1) is 0 Å². The molecule has 18 heavy (non-hydrogen) atoms. The van der Waals surface area contributed by atoms with Gasteiger partial charge in [-0.15, -0.1) is 0 Å². The quantitative estimate of drug-likeness (QED) is 0.258. The lowest BCUT2D eigenvalue weighted by Crippen LogP contribution is -2.37. The van der Waals surface area contributed by atoms with Crippen LogP contribution in [0.3, 0.4) is 0 Å². The number of anilines is 1. The molecule has 0 saturated heterocycles. The summed E-state index contributed by atoms with van der Waals surface area (Å²) in [5.74, 6) is 0.142. The molecular weight excluding hydrogens is 238 g/mol. The van der Waals surface area contributed by atoms with E-state index < -0.39 is 5.09 Å². The van der Waals surface area contributed by atoms with Gasteiger partial charge in [-0.3, -0.25) is 5.41 Å². The number of hydrogen-bond donors (Lipinski definition) is 5. The lowest BCUT2D eigenvalue weighted by atomic mass is 10.2. The Labute approximate surface area is 104 Å². The molecular formula is C10H16N5O3+. The minimum Gasteiger partial charge on any atom is -0.383 e. The average Bonchev–Trinajstić information content (AvgIpc) is 2.50. The van der Waals surface area contributed by atoms with E-state index in [1.165, 1.54) is 5.56 Å². The summed E-state index contributed by atoms with van der Waals surface area (Å²) < 4.78 is 0. The van der Waals surface area contributed by atoms with Gasteiger partial charge in [-0.1, -0.05) is 18.2 Å². The zero-order valence-corrected chi connectivity index (χ0v) is 9.71. The minimum absolute atomic E-state index is 0.142. The van der Waals surface area contributed by atoms with Crippen molar-refractivity contribution in [3.63, 3.8) is 0 Å².